The molecule has 2 nitrogen and oxygen atoms in total. The first-order valence-corrected chi connectivity index (χ1v) is 8.46. The molecule has 1 aliphatic rings. The van der Waals surface area contributed by atoms with Gasteiger partial charge >= 0.3 is 0 Å². The number of methoxy groups -OCH3 is 1. The summed E-state index contributed by atoms with van der Waals surface area (Å²) in [5, 5.41) is 3.54. The van der Waals surface area contributed by atoms with Gasteiger partial charge in [0.05, 0.1) is 11.6 Å². The van der Waals surface area contributed by atoms with Crippen LogP contribution in [0.3, 0.4) is 0 Å². The summed E-state index contributed by atoms with van der Waals surface area (Å²) in [6, 6.07) is 9.33. The van der Waals surface area contributed by atoms with Crippen molar-refractivity contribution < 1.29 is 4.74 Å². The van der Waals surface area contributed by atoms with E-state index in [-0.39, 0.29) is 11.6 Å². The first kappa shape index (κ1) is 16.5. The van der Waals surface area contributed by atoms with Crippen LogP contribution >= 0.6 is 0 Å². The SMILES string of the molecule is CCCc1cccc(C(NC)C2(OC)CCC(C)CC2)c1. The average Bonchev–Trinajstić information content (AvgIpc) is 2.51. The minimum Gasteiger partial charge on any atom is -0.376 e. The van der Waals surface area contributed by atoms with Crippen molar-refractivity contribution in [1.29, 1.82) is 0 Å². The molecule has 1 saturated carbocycles. The van der Waals surface area contributed by atoms with Gasteiger partial charge < -0.3 is 10.1 Å². The van der Waals surface area contributed by atoms with E-state index in [1.54, 1.807) is 0 Å². The van der Waals surface area contributed by atoms with Crippen molar-refractivity contribution in [3.63, 3.8) is 0 Å². The summed E-state index contributed by atoms with van der Waals surface area (Å²) >= 11 is 0. The Kier molecular flexibility index (Phi) is 5.83. The Hall–Kier alpha value is -0.860. The molecule has 118 valence electrons. The van der Waals surface area contributed by atoms with E-state index in [0.717, 1.165) is 25.2 Å². The predicted octanol–water partition coefficient (Wildman–Crippen LogP) is 4.49. The highest BCUT2D eigenvalue weighted by atomic mass is 16.5. The Morgan fingerprint density at radius 2 is 2.05 bits per heavy atom. The summed E-state index contributed by atoms with van der Waals surface area (Å²) in [4.78, 5) is 0. The van der Waals surface area contributed by atoms with Gasteiger partial charge in [-0.3, -0.25) is 0 Å². The molecule has 1 atom stereocenters. The molecule has 21 heavy (non-hydrogen) atoms. The molecular weight excluding hydrogens is 258 g/mol. The number of aryl methyl sites for hydroxylation is 1. The van der Waals surface area contributed by atoms with Crippen LogP contribution in [0.4, 0.5) is 0 Å². The van der Waals surface area contributed by atoms with Crippen molar-refractivity contribution in [3.8, 4) is 0 Å². The van der Waals surface area contributed by atoms with Gasteiger partial charge in [0.15, 0.2) is 0 Å². The molecular formula is C19H31NO. The van der Waals surface area contributed by atoms with Gasteiger partial charge in [-0.1, -0.05) is 44.5 Å². The number of likely N-dealkylation sites (N-methyl/N-ethyl adjacent to an activating group) is 1. The molecule has 2 heteroatoms. The van der Waals surface area contributed by atoms with E-state index in [1.165, 1.54) is 30.4 Å². The molecule has 0 spiro atoms. The second-order valence-electron chi connectivity index (χ2n) is 6.67. The van der Waals surface area contributed by atoms with Crippen LogP contribution in [-0.2, 0) is 11.2 Å². The van der Waals surface area contributed by atoms with E-state index < -0.39 is 0 Å². The zero-order chi connectivity index (χ0) is 15.3. The number of hydrogen-bond donors (Lipinski definition) is 1. The van der Waals surface area contributed by atoms with Crippen LogP contribution in [0.5, 0.6) is 0 Å². The standard InChI is InChI=1S/C19H31NO/c1-5-7-16-8-6-9-17(14-16)18(20-3)19(21-4)12-10-15(2)11-13-19/h6,8-9,14-15,18,20H,5,7,10-13H2,1-4H3. The minimum absolute atomic E-state index is 0.0495. The molecule has 0 heterocycles. The highest BCUT2D eigenvalue weighted by Crippen LogP contribution is 2.42. The summed E-state index contributed by atoms with van der Waals surface area (Å²) in [6.45, 7) is 4.59. The fourth-order valence-corrected chi connectivity index (χ4v) is 3.81. The number of ether oxygens (including phenoxy) is 1. The molecule has 0 radical (unpaired) electrons. The maximum absolute atomic E-state index is 6.07. The molecule has 0 aromatic heterocycles. The van der Waals surface area contributed by atoms with Gasteiger partial charge in [-0.05, 0) is 56.2 Å². The Morgan fingerprint density at radius 1 is 1.33 bits per heavy atom. The molecule has 1 unspecified atom stereocenters. The first-order valence-electron chi connectivity index (χ1n) is 8.46. The van der Waals surface area contributed by atoms with Crippen LogP contribution in [0, 0.1) is 5.92 Å². The highest BCUT2D eigenvalue weighted by Gasteiger charge is 2.41. The lowest BCUT2D eigenvalue weighted by Crippen LogP contribution is -2.47. The normalized spacial score (nSPS) is 27.5. The molecule has 1 aliphatic carbocycles. The van der Waals surface area contributed by atoms with Crippen molar-refractivity contribution in [3.05, 3.63) is 35.4 Å². The Labute approximate surface area is 130 Å². The summed E-state index contributed by atoms with van der Waals surface area (Å²) in [5.41, 5.74) is 2.76. The van der Waals surface area contributed by atoms with Crippen LogP contribution in [0.15, 0.2) is 24.3 Å². The Balaban J connectivity index is 2.26. The van der Waals surface area contributed by atoms with Gasteiger partial charge in [-0.15, -0.1) is 0 Å². The number of benzene rings is 1. The first-order chi connectivity index (χ1) is 10.1. The molecule has 0 saturated heterocycles. The monoisotopic (exact) mass is 289 g/mol. The van der Waals surface area contributed by atoms with E-state index in [0.29, 0.717) is 0 Å². The van der Waals surface area contributed by atoms with E-state index in [4.69, 9.17) is 4.74 Å². The maximum atomic E-state index is 6.07. The third-order valence-electron chi connectivity index (χ3n) is 5.16. The quantitative estimate of drug-likeness (QED) is 0.833. The lowest BCUT2D eigenvalue weighted by Gasteiger charge is -2.44. The zero-order valence-electron chi connectivity index (χ0n) is 14.1. The van der Waals surface area contributed by atoms with Crippen LogP contribution in [-0.4, -0.2) is 19.8 Å². The van der Waals surface area contributed by atoms with E-state index in [2.05, 4.69) is 50.5 Å². The molecule has 1 aromatic rings. The van der Waals surface area contributed by atoms with Crippen LogP contribution in [0.1, 0.15) is 63.1 Å². The van der Waals surface area contributed by atoms with E-state index >= 15 is 0 Å². The van der Waals surface area contributed by atoms with Gasteiger partial charge in [-0.25, -0.2) is 0 Å². The van der Waals surface area contributed by atoms with Crippen molar-refractivity contribution in [1.82, 2.24) is 5.32 Å². The van der Waals surface area contributed by atoms with Crippen molar-refractivity contribution in [2.24, 2.45) is 5.92 Å². The third kappa shape index (κ3) is 3.67. The lowest BCUT2D eigenvalue weighted by atomic mass is 9.73. The number of rotatable bonds is 6. The molecule has 0 bridgehead atoms. The third-order valence-corrected chi connectivity index (χ3v) is 5.16. The second kappa shape index (κ2) is 7.42. The fourth-order valence-electron chi connectivity index (χ4n) is 3.81. The van der Waals surface area contributed by atoms with Crippen LogP contribution in [0.25, 0.3) is 0 Å². The zero-order valence-corrected chi connectivity index (χ0v) is 14.1. The summed E-state index contributed by atoms with van der Waals surface area (Å²) in [7, 11) is 3.95. The van der Waals surface area contributed by atoms with E-state index in [1.807, 2.05) is 7.11 Å². The number of nitrogens with one attached hydrogen (secondary N) is 1. The number of hydrogen-bond acceptors (Lipinski definition) is 2. The molecule has 0 aliphatic heterocycles. The Morgan fingerprint density at radius 3 is 2.62 bits per heavy atom. The Bertz CT molecular complexity index is 435. The summed E-state index contributed by atoms with van der Waals surface area (Å²) in [5.74, 6) is 0.831. The fraction of sp³-hybridized carbons (Fsp3) is 0.684. The minimum atomic E-state index is -0.0495. The second-order valence-corrected chi connectivity index (χ2v) is 6.67. The van der Waals surface area contributed by atoms with Crippen LogP contribution in [0.2, 0.25) is 0 Å². The average molecular weight is 289 g/mol. The lowest BCUT2D eigenvalue weighted by molar-refractivity contribution is -0.0745. The largest absolute Gasteiger partial charge is 0.376 e. The maximum Gasteiger partial charge on any atom is 0.0872 e. The van der Waals surface area contributed by atoms with Gasteiger partial charge in [0.25, 0.3) is 0 Å². The van der Waals surface area contributed by atoms with Gasteiger partial charge in [-0.2, -0.15) is 0 Å². The molecule has 0 amide bonds. The smallest absolute Gasteiger partial charge is 0.0872 e. The predicted molar refractivity (Wildman–Crippen MR) is 89.6 cm³/mol. The van der Waals surface area contributed by atoms with Crippen molar-refractivity contribution in [2.75, 3.05) is 14.2 Å². The van der Waals surface area contributed by atoms with Crippen molar-refractivity contribution in [2.45, 2.75) is 64.0 Å². The topological polar surface area (TPSA) is 21.3 Å². The molecule has 1 aromatic carbocycles. The summed E-state index contributed by atoms with van der Waals surface area (Å²) < 4.78 is 6.07. The van der Waals surface area contributed by atoms with Crippen molar-refractivity contribution >= 4 is 0 Å². The van der Waals surface area contributed by atoms with Gasteiger partial charge in [0.1, 0.15) is 0 Å². The van der Waals surface area contributed by atoms with E-state index in [9.17, 15) is 0 Å². The highest BCUT2D eigenvalue weighted by molar-refractivity contribution is 5.28. The molecule has 2 rings (SSSR count). The van der Waals surface area contributed by atoms with Crippen LogP contribution < -0.4 is 5.32 Å². The molecule has 1 N–H and O–H groups in total. The van der Waals surface area contributed by atoms with Gasteiger partial charge in [0, 0.05) is 7.11 Å². The molecule has 1 fully saturated rings. The van der Waals surface area contributed by atoms with Gasteiger partial charge in [0.2, 0.25) is 0 Å². The summed E-state index contributed by atoms with van der Waals surface area (Å²) in [6.07, 6.45) is 7.17.